The van der Waals surface area contributed by atoms with E-state index in [1.807, 2.05) is 0 Å². The summed E-state index contributed by atoms with van der Waals surface area (Å²) in [5, 5.41) is 13.3. The van der Waals surface area contributed by atoms with Crippen molar-refractivity contribution in [1.82, 2.24) is 5.32 Å². The number of amides is 2. The number of primary amides is 1. The number of benzene rings is 2. The van der Waals surface area contributed by atoms with Gasteiger partial charge in [-0.1, -0.05) is 37.6 Å². The van der Waals surface area contributed by atoms with Gasteiger partial charge in [0.2, 0.25) is 0 Å². The van der Waals surface area contributed by atoms with Crippen molar-refractivity contribution in [1.29, 1.82) is 0 Å². The standard InChI is InChI=1S/C21H22ClN3O7/c1-12(2)19(24-20(27)16-7-6-14(25(29)30)9-17(16)22)21(28)32-10-13-4-3-5-15(8-13)31-11-18(23)26/h3-9,12,19H,10-11H2,1-2H3,(H2,23,26)(H,24,27)/t19-/m0/s1. The quantitative estimate of drug-likeness (QED) is 0.312. The number of halogens is 1. The van der Waals surface area contributed by atoms with Gasteiger partial charge in [-0.15, -0.1) is 0 Å². The fourth-order valence-electron chi connectivity index (χ4n) is 2.64. The third-order valence-corrected chi connectivity index (χ3v) is 4.59. The van der Waals surface area contributed by atoms with Crippen molar-refractivity contribution in [3.63, 3.8) is 0 Å². The molecule has 0 saturated carbocycles. The van der Waals surface area contributed by atoms with Gasteiger partial charge >= 0.3 is 5.97 Å². The molecule has 2 aromatic rings. The van der Waals surface area contributed by atoms with Crippen molar-refractivity contribution in [3.05, 3.63) is 68.7 Å². The molecule has 11 heteroatoms. The molecule has 2 rings (SSSR count). The van der Waals surface area contributed by atoms with Crippen LogP contribution in [0.25, 0.3) is 0 Å². The fourth-order valence-corrected chi connectivity index (χ4v) is 2.90. The lowest BCUT2D eigenvalue weighted by Gasteiger charge is -2.21. The molecule has 0 aromatic heterocycles. The van der Waals surface area contributed by atoms with Crippen molar-refractivity contribution >= 4 is 35.1 Å². The first-order chi connectivity index (χ1) is 15.1. The molecule has 0 bridgehead atoms. The average Bonchev–Trinajstić information content (AvgIpc) is 2.74. The van der Waals surface area contributed by atoms with Crippen LogP contribution in [-0.4, -0.2) is 35.4 Å². The van der Waals surface area contributed by atoms with Gasteiger partial charge < -0.3 is 20.5 Å². The lowest BCUT2D eigenvalue weighted by molar-refractivity contribution is -0.384. The van der Waals surface area contributed by atoms with Crippen LogP contribution in [0.5, 0.6) is 5.75 Å². The molecule has 3 N–H and O–H groups in total. The predicted octanol–water partition coefficient (Wildman–Crippen LogP) is 2.61. The van der Waals surface area contributed by atoms with Gasteiger partial charge in [0.1, 0.15) is 18.4 Å². The number of rotatable bonds is 10. The van der Waals surface area contributed by atoms with E-state index in [9.17, 15) is 24.5 Å². The second kappa shape index (κ2) is 11.1. The van der Waals surface area contributed by atoms with Gasteiger partial charge in [-0.25, -0.2) is 4.79 Å². The zero-order valence-electron chi connectivity index (χ0n) is 17.4. The number of nitrogens with two attached hydrogens (primary N) is 1. The molecule has 0 fully saturated rings. The molecule has 170 valence electrons. The maximum absolute atomic E-state index is 12.6. The molecule has 0 radical (unpaired) electrons. The molecule has 10 nitrogen and oxygen atoms in total. The highest BCUT2D eigenvalue weighted by Crippen LogP contribution is 2.23. The number of hydrogen-bond acceptors (Lipinski definition) is 7. The summed E-state index contributed by atoms with van der Waals surface area (Å²) in [5.41, 5.74) is 5.39. The molecule has 0 aliphatic carbocycles. The highest BCUT2D eigenvalue weighted by atomic mass is 35.5. The topological polar surface area (TPSA) is 151 Å². The Morgan fingerprint density at radius 3 is 2.50 bits per heavy atom. The Morgan fingerprint density at radius 2 is 1.91 bits per heavy atom. The summed E-state index contributed by atoms with van der Waals surface area (Å²) >= 11 is 5.99. The van der Waals surface area contributed by atoms with Crippen molar-refractivity contribution in [2.75, 3.05) is 6.61 Å². The van der Waals surface area contributed by atoms with E-state index >= 15 is 0 Å². The molecule has 0 unspecified atom stereocenters. The highest BCUT2D eigenvalue weighted by Gasteiger charge is 2.27. The number of nitro groups is 1. The Labute approximate surface area is 188 Å². The number of nitro benzene ring substituents is 1. The lowest BCUT2D eigenvalue weighted by atomic mass is 10.0. The van der Waals surface area contributed by atoms with Crippen LogP contribution in [0.3, 0.4) is 0 Å². The van der Waals surface area contributed by atoms with Gasteiger partial charge in [0.25, 0.3) is 17.5 Å². The summed E-state index contributed by atoms with van der Waals surface area (Å²) in [6, 6.07) is 9.03. The number of non-ortho nitro benzene ring substituents is 1. The molecule has 0 spiro atoms. The molecule has 2 aromatic carbocycles. The first kappa shape index (κ1) is 24.6. The van der Waals surface area contributed by atoms with Crippen LogP contribution in [0.1, 0.15) is 29.8 Å². The molecule has 0 aliphatic heterocycles. The summed E-state index contributed by atoms with van der Waals surface area (Å²) in [7, 11) is 0. The number of hydrogen-bond donors (Lipinski definition) is 2. The zero-order chi connectivity index (χ0) is 23.8. The average molecular weight is 464 g/mol. The van der Waals surface area contributed by atoms with Crippen LogP contribution < -0.4 is 15.8 Å². The first-order valence-corrected chi connectivity index (χ1v) is 9.87. The SMILES string of the molecule is CC(C)[C@H](NC(=O)c1ccc([N+](=O)[O-])cc1Cl)C(=O)OCc1cccc(OCC(N)=O)c1. The van der Waals surface area contributed by atoms with E-state index in [1.54, 1.807) is 38.1 Å². The van der Waals surface area contributed by atoms with Crippen molar-refractivity contribution in [3.8, 4) is 5.75 Å². The lowest BCUT2D eigenvalue weighted by Crippen LogP contribution is -2.45. The van der Waals surface area contributed by atoms with Crippen LogP contribution in [0.15, 0.2) is 42.5 Å². The number of carbonyl (C=O) groups excluding carboxylic acids is 3. The molecule has 32 heavy (non-hydrogen) atoms. The van der Waals surface area contributed by atoms with Crippen molar-refractivity contribution in [2.24, 2.45) is 11.7 Å². The molecule has 2 amide bonds. The minimum atomic E-state index is -0.983. The maximum Gasteiger partial charge on any atom is 0.329 e. The van der Waals surface area contributed by atoms with E-state index in [2.05, 4.69) is 5.32 Å². The molecular formula is C21H22ClN3O7. The van der Waals surface area contributed by atoms with E-state index < -0.39 is 28.7 Å². The number of ether oxygens (including phenoxy) is 2. The summed E-state index contributed by atoms with van der Waals surface area (Å²) in [4.78, 5) is 46.2. The van der Waals surface area contributed by atoms with Gasteiger partial charge in [0.15, 0.2) is 6.61 Å². The normalized spacial score (nSPS) is 11.5. The van der Waals surface area contributed by atoms with Gasteiger partial charge in [0.05, 0.1) is 15.5 Å². The number of nitrogens with one attached hydrogen (secondary N) is 1. The number of nitrogens with zero attached hydrogens (tertiary/aromatic N) is 1. The minimum Gasteiger partial charge on any atom is -0.484 e. The van der Waals surface area contributed by atoms with E-state index in [4.69, 9.17) is 26.8 Å². The van der Waals surface area contributed by atoms with Crippen molar-refractivity contribution < 1.29 is 28.8 Å². The molecular weight excluding hydrogens is 442 g/mol. The third kappa shape index (κ3) is 6.95. The van der Waals surface area contributed by atoms with E-state index in [0.29, 0.717) is 11.3 Å². The van der Waals surface area contributed by atoms with Crippen molar-refractivity contribution in [2.45, 2.75) is 26.5 Å². The van der Waals surface area contributed by atoms with Crippen LogP contribution in [0.2, 0.25) is 5.02 Å². The van der Waals surface area contributed by atoms with E-state index in [-0.39, 0.29) is 35.4 Å². The highest BCUT2D eigenvalue weighted by molar-refractivity contribution is 6.34. The van der Waals surface area contributed by atoms with Crippen LogP contribution in [0.4, 0.5) is 5.69 Å². The van der Waals surface area contributed by atoms with Crippen LogP contribution >= 0.6 is 11.6 Å². The van der Waals surface area contributed by atoms with Gasteiger partial charge in [-0.2, -0.15) is 0 Å². The Balaban J connectivity index is 2.04. The van der Waals surface area contributed by atoms with Gasteiger partial charge in [-0.05, 0) is 29.7 Å². The zero-order valence-corrected chi connectivity index (χ0v) is 18.1. The molecule has 0 saturated heterocycles. The number of esters is 1. The Hall–Kier alpha value is -3.66. The summed E-state index contributed by atoms with van der Waals surface area (Å²) < 4.78 is 10.5. The largest absolute Gasteiger partial charge is 0.484 e. The summed E-state index contributed by atoms with van der Waals surface area (Å²) in [5.74, 6) is -1.88. The predicted molar refractivity (Wildman–Crippen MR) is 115 cm³/mol. The Morgan fingerprint density at radius 1 is 1.19 bits per heavy atom. The summed E-state index contributed by atoms with van der Waals surface area (Å²) in [6.07, 6.45) is 0. The number of carbonyl (C=O) groups is 3. The van der Waals surface area contributed by atoms with Crippen LogP contribution in [-0.2, 0) is 20.9 Å². The molecule has 0 heterocycles. The van der Waals surface area contributed by atoms with Crippen LogP contribution in [0, 0.1) is 16.0 Å². The molecule has 1 atom stereocenters. The van der Waals surface area contributed by atoms with Gasteiger partial charge in [0, 0.05) is 12.1 Å². The Bertz CT molecular complexity index is 1030. The third-order valence-electron chi connectivity index (χ3n) is 4.28. The molecule has 0 aliphatic rings. The first-order valence-electron chi connectivity index (χ1n) is 9.50. The fraction of sp³-hybridized carbons (Fsp3) is 0.286. The second-order valence-electron chi connectivity index (χ2n) is 7.13. The Kier molecular flexibility index (Phi) is 8.54. The monoisotopic (exact) mass is 463 g/mol. The maximum atomic E-state index is 12.6. The van der Waals surface area contributed by atoms with E-state index in [1.165, 1.54) is 6.07 Å². The second-order valence-corrected chi connectivity index (χ2v) is 7.53. The smallest absolute Gasteiger partial charge is 0.329 e. The summed E-state index contributed by atoms with van der Waals surface area (Å²) in [6.45, 7) is 3.07. The van der Waals surface area contributed by atoms with Gasteiger partial charge in [-0.3, -0.25) is 19.7 Å². The minimum absolute atomic E-state index is 0.00461. The van der Waals surface area contributed by atoms with E-state index in [0.717, 1.165) is 12.1 Å².